The Morgan fingerprint density at radius 3 is 2.44 bits per heavy atom. The van der Waals surface area contributed by atoms with E-state index in [4.69, 9.17) is 9.47 Å². The summed E-state index contributed by atoms with van der Waals surface area (Å²) in [4.78, 5) is 12.4. The zero-order valence-corrected chi connectivity index (χ0v) is 20.3. The largest absolute Gasteiger partial charge is 0.378 e. The monoisotopic (exact) mass is 486 g/mol. The van der Waals surface area contributed by atoms with Crippen LogP contribution in [0.4, 0.5) is 5.69 Å². The molecular formula is C26H34N2O5S. The number of nitrogens with one attached hydrogen (secondary N) is 1. The van der Waals surface area contributed by atoms with Gasteiger partial charge >= 0.3 is 0 Å². The van der Waals surface area contributed by atoms with Gasteiger partial charge in [0.05, 0.1) is 30.6 Å². The lowest BCUT2D eigenvalue weighted by atomic mass is 9.91. The summed E-state index contributed by atoms with van der Waals surface area (Å²) in [6.07, 6.45) is 5.16. The highest BCUT2D eigenvalue weighted by Gasteiger charge is 2.29. The lowest BCUT2D eigenvalue weighted by Gasteiger charge is -2.31. The quantitative estimate of drug-likeness (QED) is 0.516. The first-order chi connectivity index (χ1) is 16.5. The zero-order chi connectivity index (χ0) is 23.8. The highest BCUT2D eigenvalue weighted by molar-refractivity contribution is 7.89. The van der Waals surface area contributed by atoms with Gasteiger partial charge in [-0.1, -0.05) is 30.3 Å². The molecule has 184 valence electrons. The van der Waals surface area contributed by atoms with E-state index in [-0.39, 0.29) is 23.3 Å². The van der Waals surface area contributed by atoms with E-state index in [1.54, 1.807) is 28.6 Å². The molecular weight excluding hydrogens is 452 g/mol. The molecule has 2 aromatic carbocycles. The van der Waals surface area contributed by atoms with Crippen molar-refractivity contribution < 1.29 is 22.7 Å². The second-order valence-electron chi connectivity index (χ2n) is 9.07. The molecule has 4 rings (SSSR count). The number of carbonyl (C=O) groups excluding carboxylic acids is 1. The van der Waals surface area contributed by atoms with Crippen LogP contribution in [-0.2, 0) is 30.7 Å². The van der Waals surface area contributed by atoms with E-state index in [1.807, 2.05) is 18.2 Å². The molecule has 2 aliphatic heterocycles. The molecule has 2 fully saturated rings. The third-order valence-electron chi connectivity index (χ3n) is 6.52. The van der Waals surface area contributed by atoms with Crippen LogP contribution in [0.15, 0.2) is 59.5 Å². The van der Waals surface area contributed by atoms with Gasteiger partial charge in [0, 0.05) is 25.4 Å². The Bertz CT molecular complexity index is 1010. The number of nitrogens with zero attached hydrogens (tertiary/aromatic N) is 1. The van der Waals surface area contributed by atoms with Crippen molar-refractivity contribution in [3.63, 3.8) is 0 Å². The first kappa shape index (κ1) is 24.9. The Hall–Kier alpha value is -2.26. The minimum atomic E-state index is -3.54. The van der Waals surface area contributed by atoms with E-state index in [1.165, 1.54) is 5.56 Å². The molecule has 1 amide bonds. The van der Waals surface area contributed by atoms with Crippen LogP contribution in [0.2, 0.25) is 0 Å². The summed E-state index contributed by atoms with van der Waals surface area (Å²) in [7, 11) is -3.54. The maximum Gasteiger partial charge on any atom is 0.243 e. The number of amides is 1. The van der Waals surface area contributed by atoms with E-state index < -0.39 is 10.0 Å². The molecule has 8 heteroatoms. The molecule has 2 aromatic rings. The van der Waals surface area contributed by atoms with Crippen molar-refractivity contribution in [2.45, 2.75) is 49.5 Å². The molecule has 0 aromatic heterocycles. The Morgan fingerprint density at radius 1 is 1.03 bits per heavy atom. The normalized spacial score (nSPS) is 19.8. The predicted molar refractivity (Wildman–Crippen MR) is 131 cm³/mol. The van der Waals surface area contributed by atoms with Crippen LogP contribution >= 0.6 is 0 Å². The summed E-state index contributed by atoms with van der Waals surface area (Å²) in [6.45, 7) is 2.70. The maximum absolute atomic E-state index is 13.1. The zero-order valence-electron chi connectivity index (χ0n) is 19.5. The van der Waals surface area contributed by atoms with Crippen LogP contribution in [-0.4, -0.2) is 57.6 Å². The Labute approximate surface area is 202 Å². The van der Waals surface area contributed by atoms with Crippen molar-refractivity contribution in [1.82, 2.24) is 4.31 Å². The minimum Gasteiger partial charge on any atom is -0.378 e. The third kappa shape index (κ3) is 6.88. The molecule has 1 atom stereocenters. The van der Waals surface area contributed by atoms with Crippen molar-refractivity contribution in [3.8, 4) is 0 Å². The number of ether oxygens (including phenoxy) is 2. The fourth-order valence-corrected chi connectivity index (χ4v) is 6.01. The van der Waals surface area contributed by atoms with E-state index in [2.05, 4.69) is 17.4 Å². The molecule has 0 radical (unpaired) electrons. The summed E-state index contributed by atoms with van der Waals surface area (Å²) in [6, 6.07) is 16.8. The lowest BCUT2D eigenvalue weighted by molar-refractivity contribution is -0.117. The first-order valence-electron chi connectivity index (χ1n) is 12.1. The average Bonchev–Trinajstić information content (AvgIpc) is 3.37. The van der Waals surface area contributed by atoms with Gasteiger partial charge in [-0.3, -0.25) is 4.79 Å². The second-order valence-corrected chi connectivity index (χ2v) is 11.0. The number of rotatable bonds is 10. The fourth-order valence-electron chi connectivity index (χ4n) is 4.54. The van der Waals surface area contributed by atoms with Crippen LogP contribution in [0.3, 0.4) is 0 Å². The van der Waals surface area contributed by atoms with Crippen LogP contribution in [0.25, 0.3) is 0 Å². The highest BCUT2D eigenvalue weighted by atomic mass is 32.2. The number of benzene rings is 2. The average molecular weight is 487 g/mol. The second kappa shape index (κ2) is 11.9. The van der Waals surface area contributed by atoms with Gasteiger partial charge in [-0.15, -0.1) is 0 Å². The van der Waals surface area contributed by atoms with Gasteiger partial charge in [0.15, 0.2) is 0 Å². The van der Waals surface area contributed by atoms with Crippen molar-refractivity contribution in [1.29, 1.82) is 0 Å². The molecule has 0 aliphatic carbocycles. The summed E-state index contributed by atoms with van der Waals surface area (Å²) < 4.78 is 38.8. The molecule has 34 heavy (non-hydrogen) atoms. The Morgan fingerprint density at radius 2 is 1.76 bits per heavy atom. The molecule has 0 spiro atoms. The summed E-state index contributed by atoms with van der Waals surface area (Å²) in [5.41, 5.74) is 1.88. The molecule has 1 N–H and O–H groups in total. The van der Waals surface area contributed by atoms with Gasteiger partial charge < -0.3 is 14.8 Å². The molecule has 0 saturated carbocycles. The minimum absolute atomic E-state index is 0.146. The van der Waals surface area contributed by atoms with Gasteiger partial charge in [0.25, 0.3) is 0 Å². The standard InChI is InChI=1S/C26H34N2O5S/c29-26(14-18-32-20-24-7-4-17-33-24)27-23-8-10-25(11-9-23)34(30,31)28-15-12-22(13-16-28)19-21-5-2-1-3-6-21/h1-3,5-6,8-11,22,24H,4,7,12-20H2,(H,27,29). The highest BCUT2D eigenvalue weighted by Crippen LogP contribution is 2.27. The van der Waals surface area contributed by atoms with E-state index >= 15 is 0 Å². The first-order valence-corrected chi connectivity index (χ1v) is 13.6. The van der Waals surface area contributed by atoms with Crippen LogP contribution < -0.4 is 5.32 Å². The van der Waals surface area contributed by atoms with Gasteiger partial charge in [-0.05, 0) is 67.9 Å². The van der Waals surface area contributed by atoms with Crippen molar-refractivity contribution in [2.24, 2.45) is 5.92 Å². The number of hydrogen-bond donors (Lipinski definition) is 1. The lowest BCUT2D eigenvalue weighted by Crippen LogP contribution is -2.38. The summed E-state index contributed by atoms with van der Waals surface area (Å²) in [5, 5.41) is 2.80. The van der Waals surface area contributed by atoms with E-state index in [9.17, 15) is 13.2 Å². The number of hydrogen-bond acceptors (Lipinski definition) is 5. The summed E-state index contributed by atoms with van der Waals surface area (Å²) >= 11 is 0. The predicted octanol–water partition coefficient (Wildman–Crippen LogP) is 3.85. The van der Waals surface area contributed by atoms with Crippen LogP contribution in [0.1, 0.15) is 37.7 Å². The maximum atomic E-state index is 13.1. The van der Waals surface area contributed by atoms with Crippen molar-refractivity contribution in [2.75, 3.05) is 38.2 Å². The molecule has 0 bridgehead atoms. The van der Waals surface area contributed by atoms with Crippen molar-refractivity contribution >= 4 is 21.6 Å². The smallest absolute Gasteiger partial charge is 0.243 e. The van der Waals surface area contributed by atoms with Gasteiger partial charge in [-0.2, -0.15) is 4.31 Å². The fraction of sp³-hybridized carbons (Fsp3) is 0.500. The van der Waals surface area contributed by atoms with E-state index in [0.717, 1.165) is 38.7 Å². The van der Waals surface area contributed by atoms with Crippen LogP contribution in [0, 0.1) is 5.92 Å². The SMILES string of the molecule is O=C(CCOCC1CCCO1)Nc1ccc(S(=O)(=O)N2CCC(Cc3ccccc3)CC2)cc1. The number of carbonyl (C=O) groups is 1. The molecule has 2 heterocycles. The number of piperidine rings is 1. The van der Waals surface area contributed by atoms with Gasteiger partial charge in [-0.25, -0.2) is 8.42 Å². The van der Waals surface area contributed by atoms with Crippen molar-refractivity contribution in [3.05, 3.63) is 60.2 Å². The van der Waals surface area contributed by atoms with E-state index in [0.29, 0.717) is 37.9 Å². The molecule has 2 saturated heterocycles. The Kier molecular flexibility index (Phi) is 8.72. The molecule has 7 nitrogen and oxygen atoms in total. The number of sulfonamides is 1. The molecule has 2 aliphatic rings. The van der Waals surface area contributed by atoms with Crippen LogP contribution in [0.5, 0.6) is 0 Å². The topological polar surface area (TPSA) is 84.9 Å². The van der Waals surface area contributed by atoms with Gasteiger partial charge in [0.2, 0.25) is 15.9 Å². The molecule has 1 unspecified atom stereocenters. The number of anilines is 1. The Balaban J connectivity index is 1.22. The van der Waals surface area contributed by atoms with Gasteiger partial charge in [0.1, 0.15) is 0 Å². The summed E-state index contributed by atoms with van der Waals surface area (Å²) in [5.74, 6) is 0.338. The third-order valence-corrected chi connectivity index (χ3v) is 8.43.